The fraction of sp³-hybridized carbons (Fsp3) is 0.667. The summed E-state index contributed by atoms with van der Waals surface area (Å²) in [7, 11) is 0. The zero-order chi connectivity index (χ0) is 14.8. The molecule has 9 heteroatoms. The summed E-state index contributed by atoms with van der Waals surface area (Å²) in [6, 6.07) is 0. The van der Waals surface area contributed by atoms with Crippen LogP contribution in [0.1, 0.15) is 13.3 Å². The van der Waals surface area contributed by atoms with Gasteiger partial charge in [0.05, 0.1) is 0 Å². The van der Waals surface area contributed by atoms with E-state index in [4.69, 9.17) is 5.11 Å². The maximum absolute atomic E-state index is 12.2. The Bertz CT molecular complexity index is 305. The minimum absolute atomic E-state index is 0.580. The second-order valence-electron chi connectivity index (χ2n) is 3.51. The molecule has 0 spiro atoms. The van der Waals surface area contributed by atoms with E-state index in [0.717, 1.165) is 6.92 Å². The fourth-order valence-corrected chi connectivity index (χ4v) is 1.10. The van der Waals surface area contributed by atoms with Gasteiger partial charge >= 0.3 is 18.3 Å². The molecule has 18 heavy (non-hydrogen) atoms. The van der Waals surface area contributed by atoms with Crippen LogP contribution in [0.2, 0.25) is 0 Å². The molecule has 0 saturated heterocycles. The highest BCUT2D eigenvalue weighted by molar-refractivity contribution is 5.81. The maximum Gasteiger partial charge on any atom is 0.426 e. The van der Waals surface area contributed by atoms with Gasteiger partial charge in [0.2, 0.25) is 0 Å². The number of carbonyl (C=O) groups is 1. The average Bonchev–Trinajstić information content (AvgIpc) is 2.13. The third-order valence-corrected chi connectivity index (χ3v) is 2.00. The lowest BCUT2D eigenvalue weighted by molar-refractivity contribution is -0.373. The van der Waals surface area contributed by atoms with Gasteiger partial charge in [-0.1, -0.05) is 6.58 Å². The quantitative estimate of drug-likeness (QED) is 0.488. The van der Waals surface area contributed by atoms with Crippen molar-refractivity contribution < 1.29 is 41.0 Å². The standard InChI is InChI=1S/C9H10F6O3/c1-3-6(16)18-5(2)4-7(17,8(10,11)12)9(13,14)15/h3,5,17H,1,4H2,2H3. The summed E-state index contributed by atoms with van der Waals surface area (Å²) in [4.78, 5) is 10.6. The summed E-state index contributed by atoms with van der Waals surface area (Å²) >= 11 is 0. The van der Waals surface area contributed by atoms with E-state index in [1.54, 1.807) is 0 Å². The predicted octanol–water partition coefficient (Wildman–Crippen LogP) is 2.35. The molecule has 0 aromatic rings. The summed E-state index contributed by atoms with van der Waals surface area (Å²) in [6.45, 7) is 3.72. The van der Waals surface area contributed by atoms with Crippen molar-refractivity contribution in [2.24, 2.45) is 0 Å². The Hall–Kier alpha value is -1.25. The molecule has 0 aliphatic heterocycles. The van der Waals surface area contributed by atoms with Crippen molar-refractivity contribution in [3.05, 3.63) is 12.7 Å². The Balaban J connectivity index is 5.05. The highest BCUT2D eigenvalue weighted by Crippen LogP contribution is 2.46. The molecule has 0 rings (SSSR count). The number of ether oxygens (including phenoxy) is 1. The van der Waals surface area contributed by atoms with Gasteiger partial charge in [-0.25, -0.2) is 4.79 Å². The van der Waals surface area contributed by atoms with E-state index in [-0.39, 0.29) is 0 Å². The molecule has 1 unspecified atom stereocenters. The van der Waals surface area contributed by atoms with Gasteiger partial charge in [0, 0.05) is 12.5 Å². The minimum atomic E-state index is -5.93. The first-order valence-corrected chi connectivity index (χ1v) is 4.54. The summed E-state index contributed by atoms with van der Waals surface area (Å²) in [6.07, 6.45) is -14.9. The van der Waals surface area contributed by atoms with Crippen LogP contribution in [-0.4, -0.2) is 35.1 Å². The number of halogens is 6. The van der Waals surface area contributed by atoms with Gasteiger partial charge in [0.25, 0.3) is 5.60 Å². The molecule has 0 heterocycles. The number of esters is 1. The lowest BCUT2D eigenvalue weighted by Gasteiger charge is -2.33. The number of alkyl halides is 6. The normalized spacial score (nSPS) is 15.1. The molecule has 0 bridgehead atoms. The van der Waals surface area contributed by atoms with E-state index in [9.17, 15) is 31.1 Å². The van der Waals surface area contributed by atoms with Crippen LogP contribution < -0.4 is 0 Å². The Morgan fingerprint density at radius 2 is 1.67 bits per heavy atom. The van der Waals surface area contributed by atoms with Crippen LogP contribution in [0.15, 0.2) is 12.7 Å². The van der Waals surface area contributed by atoms with E-state index in [1.165, 1.54) is 0 Å². The second kappa shape index (κ2) is 5.17. The van der Waals surface area contributed by atoms with Crippen molar-refractivity contribution in [2.75, 3.05) is 0 Å². The molecular formula is C9H10F6O3. The van der Waals surface area contributed by atoms with E-state index in [2.05, 4.69) is 11.3 Å². The number of carbonyl (C=O) groups excluding carboxylic acids is 1. The van der Waals surface area contributed by atoms with Crippen LogP contribution in [0.5, 0.6) is 0 Å². The van der Waals surface area contributed by atoms with E-state index < -0.39 is 36.4 Å². The van der Waals surface area contributed by atoms with Crippen LogP contribution in [0.25, 0.3) is 0 Å². The molecule has 0 fully saturated rings. The Morgan fingerprint density at radius 1 is 1.28 bits per heavy atom. The maximum atomic E-state index is 12.2. The molecule has 0 amide bonds. The van der Waals surface area contributed by atoms with E-state index in [1.807, 2.05) is 0 Å². The summed E-state index contributed by atoms with van der Waals surface area (Å²) in [5, 5.41) is 8.77. The van der Waals surface area contributed by atoms with Crippen LogP contribution in [0.3, 0.4) is 0 Å². The molecule has 3 nitrogen and oxygen atoms in total. The van der Waals surface area contributed by atoms with Gasteiger partial charge in [0.15, 0.2) is 0 Å². The van der Waals surface area contributed by atoms with Gasteiger partial charge < -0.3 is 9.84 Å². The summed E-state index contributed by atoms with van der Waals surface area (Å²) in [5.74, 6) is -1.19. The zero-order valence-corrected chi connectivity index (χ0v) is 9.10. The van der Waals surface area contributed by atoms with Crippen molar-refractivity contribution in [1.29, 1.82) is 0 Å². The lowest BCUT2D eigenvalue weighted by atomic mass is 9.95. The lowest BCUT2D eigenvalue weighted by Crippen LogP contribution is -2.58. The van der Waals surface area contributed by atoms with Gasteiger partial charge in [-0.05, 0) is 6.92 Å². The predicted molar refractivity (Wildman–Crippen MR) is 47.4 cm³/mol. The highest BCUT2D eigenvalue weighted by Gasteiger charge is 2.70. The summed E-state index contributed by atoms with van der Waals surface area (Å²) in [5.41, 5.74) is -4.93. The van der Waals surface area contributed by atoms with Crippen LogP contribution in [0, 0.1) is 0 Å². The molecule has 1 atom stereocenters. The number of hydrogen-bond acceptors (Lipinski definition) is 3. The van der Waals surface area contributed by atoms with Gasteiger partial charge in [-0.3, -0.25) is 0 Å². The van der Waals surface area contributed by atoms with Crippen molar-refractivity contribution in [1.82, 2.24) is 0 Å². The fourth-order valence-electron chi connectivity index (χ4n) is 1.10. The van der Waals surface area contributed by atoms with Gasteiger partial charge in [0.1, 0.15) is 6.10 Å². The zero-order valence-electron chi connectivity index (χ0n) is 9.10. The summed E-state index contributed by atoms with van der Waals surface area (Å²) < 4.78 is 77.7. The number of rotatable bonds is 4. The monoisotopic (exact) mass is 280 g/mol. The van der Waals surface area contributed by atoms with Crippen LogP contribution in [0.4, 0.5) is 26.3 Å². The van der Waals surface area contributed by atoms with Crippen LogP contribution >= 0.6 is 0 Å². The highest BCUT2D eigenvalue weighted by atomic mass is 19.4. The third-order valence-electron chi connectivity index (χ3n) is 2.00. The second-order valence-corrected chi connectivity index (χ2v) is 3.51. The van der Waals surface area contributed by atoms with Crippen LogP contribution in [-0.2, 0) is 9.53 Å². The minimum Gasteiger partial charge on any atom is -0.459 e. The molecule has 0 aromatic carbocycles. The third kappa shape index (κ3) is 3.62. The number of hydrogen-bond donors (Lipinski definition) is 1. The smallest absolute Gasteiger partial charge is 0.426 e. The molecule has 106 valence electrons. The first-order chi connectivity index (χ1) is 7.85. The first kappa shape index (κ1) is 16.8. The number of aliphatic hydroxyl groups is 1. The molecule has 0 radical (unpaired) electrons. The molecule has 0 saturated carbocycles. The first-order valence-electron chi connectivity index (χ1n) is 4.54. The molecule has 0 aliphatic carbocycles. The van der Waals surface area contributed by atoms with Crippen molar-refractivity contribution >= 4 is 5.97 Å². The van der Waals surface area contributed by atoms with Crippen molar-refractivity contribution in [2.45, 2.75) is 37.4 Å². The van der Waals surface area contributed by atoms with E-state index in [0.29, 0.717) is 6.08 Å². The molecular weight excluding hydrogens is 270 g/mol. The van der Waals surface area contributed by atoms with E-state index >= 15 is 0 Å². The molecule has 0 aliphatic rings. The largest absolute Gasteiger partial charge is 0.459 e. The van der Waals surface area contributed by atoms with Gasteiger partial charge in [-0.15, -0.1) is 0 Å². The Kier molecular flexibility index (Phi) is 4.81. The Morgan fingerprint density at radius 3 is 1.94 bits per heavy atom. The SMILES string of the molecule is C=CC(=O)OC(C)CC(O)(C(F)(F)F)C(F)(F)F. The average molecular weight is 280 g/mol. The Labute approximate surface area is 98.0 Å². The molecule has 1 N–H and O–H groups in total. The van der Waals surface area contributed by atoms with Gasteiger partial charge in [-0.2, -0.15) is 26.3 Å². The van der Waals surface area contributed by atoms with Crippen molar-refractivity contribution in [3.8, 4) is 0 Å². The molecule has 0 aromatic heterocycles. The topological polar surface area (TPSA) is 46.5 Å². The van der Waals surface area contributed by atoms with Crippen molar-refractivity contribution in [3.63, 3.8) is 0 Å².